The first-order chi connectivity index (χ1) is 12.0. The fourth-order valence-corrected chi connectivity index (χ4v) is 2.72. The Morgan fingerprint density at radius 2 is 1.96 bits per heavy atom. The summed E-state index contributed by atoms with van der Waals surface area (Å²) in [7, 11) is 0. The Hall–Kier alpha value is -2.87. The van der Waals surface area contributed by atoms with Crippen LogP contribution in [0.2, 0.25) is 0 Å². The quantitative estimate of drug-likeness (QED) is 0.654. The fraction of sp³-hybridized carbons (Fsp3) is 0.176. The van der Waals surface area contributed by atoms with E-state index in [-0.39, 0.29) is 17.4 Å². The van der Waals surface area contributed by atoms with E-state index < -0.39 is 12.1 Å². The number of halogens is 1. The lowest BCUT2D eigenvalue weighted by molar-refractivity contribution is -0.124. The number of carbonyl (C=O) groups excluding carboxylic acids is 2. The van der Waals surface area contributed by atoms with Gasteiger partial charge in [-0.05, 0) is 49.6 Å². The molecule has 0 aliphatic heterocycles. The molecule has 0 amide bonds. The van der Waals surface area contributed by atoms with Gasteiger partial charge in [0, 0.05) is 0 Å². The summed E-state index contributed by atoms with van der Waals surface area (Å²) in [4.78, 5) is 28.5. The molecule has 0 saturated heterocycles. The van der Waals surface area contributed by atoms with Crippen LogP contribution in [0.4, 0.5) is 4.39 Å². The van der Waals surface area contributed by atoms with Crippen molar-refractivity contribution in [3.05, 3.63) is 53.4 Å². The summed E-state index contributed by atoms with van der Waals surface area (Å²) >= 11 is 1.43. The number of rotatable bonds is 5. The predicted molar refractivity (Wildman–Crippen MR) is 90.2 cm³/mol. The molecule has 25 heavy (non-hydrogen) atoms. The number of hydrogen-bond donors (Lipinski definition) is 0. The summed E-state index contributed by atoms with van der Waals surface area (Å²) in [6.45, 7) is 2.82. The van der Waals surface area contributed by atoms with Crippen LogP contribution in [0, 0.1) is 5.82 Å². The fourth-order valence-electron chi connectivity index (χ4n) is 2.02. The van der Waals surface area contributed by atoms with Crippen LogP contribution in [-0.4, -0.2) is 32.6 Å². The van der Waals surface area contributed by atoms with Gasteiger partial charge in [-0.2, -0.15) is 4.98 Å². The summed E-state index contributed by atoms with van der Waals surface area (Å²) in [6, 6.07) is 9.35. The van der Waals surface area contributed by atoms with Gasteiger partial charge in [0.25, 0.3) is 5.82 Å². The maximum Gasteiger partial charge on any atom is 0.378 e. The lowest BCUT2D eigenvalue weighted by Gasteiger charge is -2.07. The van der Waals surface area contributed by atoms with E-state index in [1.54, 1.807) is 0 Å². The van der Waals surface area contributed by atoms with Crippen LogP contribution in [0.3, 0.4) is 0 Å². The Labute approximate surface area is 146 Å². The van der Waals surface area contributed by atoms with E-state index in [0.29, 0.717) is 11.5 Å². The van der Waals surface area contributed by atoms with Crippen LogP contribution >= 0.6 is 11.3 Å². The SMILES string of the molecule is CC(=O)C(C)OC(=O)c1nc(-c2cccs2)n(-c2ccc(F)cc2)n1. The van der Waals surface area contributed by atoms with Crippen LogP contribution in [0.25, 0.3) is 16.4 Å². The molecule has 8 heteroatoms. The highest BCUT2D eigenvalue weighted by atomic mass is 32.1. The molecule has 0 saturated carbocycles. The number of carbonyl (C=O) groups is 2. The molecule has 1 aromatic carbocycles. The molecule has 3 aromatic rings. The Morgan fingerprint density at radius 1 is 1.24 bits per heavy atom. The molecule has 128 valence electrons. The number of ether oxygens (including phenoxy) is 1. The second-order valence-corrected chi connectivity index (χ2v) is 6.23. The number of hydrogen-bond acceptors (Lipinski definition) is 6. The monoisotopic (exact) mass is 359 g/mol. The van der Waals surface area contributed by atoms with Crippen molar-refractivity contribution in [1.82, 2.24) is 14.8 Å². The first-order valence-corrected chi connectivity index (χ1v) is 8.32. The van der Waals surface area contributed by atoms with Crippen LogP contribution in [0.5, 0.6) is 0 Å². The van der Waals surface area contributed by atoms with Gasteiger partial charge in [-0.3, -0.25) is 4.79 Å². The maximum atomic E-state index is 13.2. The van der Waals surface area contributed by atoms with Gasteiger partial charge < -0.3 is 4.74 Å². The van der Waals surface area contributed by atoms with Crippen molar-refractivity contribution in [2.45, 2.75) is 20.0 Å². The van der Waals surface area contributed by atoms with Crippen LogP contribution in [-0.2, 0) is 9.53 Å². The second kappa shape index (κ2) is 6.94. The van der Waals surface area contributed by atoms with Crippen molar-refractivity contribution in [3.63, 3.8) is 0 Å². The minimum Gasteiger partial charge on any atom is -0.449 e. The van der Waals surface area contributed by atoms with Gasteiger partial charge in [0.1, 0.15) is 5.82 Å². The zero-order valence-electron chi connectivity index (χ0n) is 13.5. The van der Waals surface area contributed by atoms with Crippen LogP contribution < -0.4 is 0 Å². The molecule has 6 nitrogen and oxygen atoms in total. The molecule has 2 heterocycles. The Morgan fingerprint density at radius 3 is 2.56 bits per heavy atom. The van der Waals surface area contributed by atoms with Crippen LogP contribution in [0.1, 0.15) is 24.5 Å². The smallest absolute Gasteiger partial charge is 0.378 e. The first kappa shape index (κ1) is 17.0. The molecule has 1 atom stereocenters. The summed E-state index contributed by atoms with van der Waals surface area (Å²) in [5.74, 6) is -1.17. The van der Waals surface area contributed by atoms with E-state index in [0.717, 1.165) is 4.88 Å². The van der Waals surface area contributed by atoms with Gasteiger partial charge in [-0.25, -0.2) is 13.9 Å². The number of ketones is 1. The molecule has 0 aliphatic rings. The third-order valence-corrected chi connectivity index (χ3v) is 4.32. The van der Waals surface area contributed by atoms with Crippen molar-refractivity contribution in [2.24, 2.45) is 0 Å². The normalized spacial score (nSPS) is 12.0. The minimum atomic E-state index is -0.879. The average molecular weight is 359 g/mol. The number of aromatic nitrogens is 3. The second-order valence-electron chi connectivity index (χ2n) is 5.28. The van der Waals surface area contributed by atoms with Gasteiger partial charge in [-0.1, -0.05) is 6.07 Å². The highest BCUT2D eigenvalue weighted by Gasteiger charge is 2.23. The molecular formula is C17H14FN3O3S. The van der Waals surface area contributed by atoms with Gasteiger partial charge in [0.15, 0.2) is 17.7 Å². The predicted octanol–water partition coefficient (Wildman–Crippen LogP) is 3.27. The number of benzene rings is 1. The first-order valence-electron chi connectivity index (χ1n) is 7.44. The minimum absolute atomic E-state index is 0.166. The summed E-state index contributed by atoms with van der Waals surface area (Å²) in [6.07, 6.45) is -0.879. The molecule has 0 N–H and O–H groups in total. The van der Waals surface area contributed by atoms with Crippen LogP contribution in [0.15, 0.2) is 41.8 Å². The Kier molecular flexibility index (Phi) is 4.71. The zero-order valence-corrected chi connectivity index (χ0v) is 14.3. The molecule has 0 fully saturated rings. The maximum absolute atomic E-state index is 13.2. The lowest BCUT2D eigenvalue weighted by Crippen LogP contribution is -2.22. The van der Waals surface area contributed by atoms with E-state index >= 15 is 0 Å². The average Bonchev–Trinajstić information content (AvgIpc) is 3.24. The van der Waals surface area contributed by atoms with Crippen molar-refractivity contribution in [3.8, 4) is 16.4 Å². The number of thiophene rings is 1. The van der Waals surface area contributed by atoms with Crippen molar-refractivity contribution in [2.75, 3.05) is 0 Å². The van der Waals surface area contributed by atoms with E-state index in [4.69, 9.17) is 4.74 Å². The van der Waals surface area contributed by atoms with E-state index in [9.17, 15) is 14.0 Å². The van der Waals surface area contributed by atoms with Crippen molar-refractivity contribution < 1.29 is 18.7 Å². The lowest BCUT2D eigenvalue weighted by atomic mass is 10.3. The van der Waals surface area contributed by atoms with Gasteiger partial charge in [0.2, 0.25) is 0 Å². The molecular weight excluding hydrogens is 345 g/mol. The molecule has 1 unspecified atom stereocenters. The van der Waals surface area contributed by atoms with Gasteiger partial charge in [-0.15, -0.1) is 16.4 Å². The standard InChI is InChI=1S/C17H14FN3O3S/c1-10(22)11(2)24-17(23)15-19-16(14-4-3-9-25-14)21(20-15)13-7-5-12(18)6-8-13/h3-9,11H,1-2H3. The topological polar surface area (TPSA) is 74.1 Å². The molecule has 3 rings (SSSR count). The summed E-state index contributed by atoms with van der Waals surface area (Å²) in [5.41, 5.74) is 0.552. The third kappa shape index (κ3) is 3.63. The Balaban J connectivity index is 2.02. The summed E-state index contributed by atoms with van der Waals surface area (Å²) in [5, 5.41) is 6.05. The third-order valence-electron chi connectivity index (χ3n) is 3.46. The molecule has 0 bridgehead atoms. The zero-order chi connectivity index (χ0) is 18.0. The van der Waals surface area contributed by atoms with Crippen molar-refractivity contribution in [1.29, 1.82) is 0 Å². The summed E-state index contributed by atoms with van der Waals surface area (Å²) < 4.78 is 19.7. The largest absolute Gasteiger partial charge is 0.449 e. The van der Waals surface area contributed by atoms with E-state index in [2.05, 4.69) is 10.1 Å². The van der Waals surface area contributed by atoms with E-state index in [1.807, 2.05) is 17.5 Å². The molecule has 0 radical (unpaired) electrons. The van der Waals surface area contributed by atoms with Gasteiger partial charge in [0.05, 0.1) is 10.6 Å². The number of esters is 1. The number of nitrogens with zero attached hydrogens (tertiary/aromatic N) is 3. The molecule has 2 aromatic heterocycles. The van der Waals surface area contributed by atoms with E-state index in [1.165, 1.54) is 54.1 Å². The molecule has 0 aliphatic carbocycles. The molecule has 0 spiro atoms. The Bertz CT molecular complexity index is 904. The highest BCUT2D eigenvalue weighted by molar-refractivity contribution is 7.13. The van der Waals surface area contributed by atoms with Gasteiger partial charge >= 0.3 is 5.97 Å². The number of Topliss-reactive ketones (excluding diaryl/α,β-unsaturated/α-hetero) is 1. The highest BCUT2D eigenvalue weighted by Crippen LogP contribution is 2.26. The van der Waals surface area contributed by atoms with Crippen molar-refractivity contribution >= 4 is 23.1 Å².